The highest BCUT2D eigenvalue weighted by atomic mass is 16.5. The monoisotopic (exact) mass is 252 g/mol. The standard InChI is InChI=1S/C17H16O2/c1-19-14-8-6-12(7-9-14)10-17(18)16-11-13-4-2-3-5-15(13)16/h2-9,16H,10-11H2,1H3. The van der Waals surface area contributed by atoms with Gasteiger partial charge in [0.1, 0.15) is 11.5 Å². The summed E-state index contributed by atoms with van der Waals surface area (Å²) in [4.78, 5) is 12.3. The summed E-state index contributed by atoms with van der Waals surface area (Å²) in [6.45, 7) is 0. The molecule has 1 aliphatic rings. The molecule has 0 saturated carbocycles. The van der Waals surface area contributed by atoms with Crippen molar-refractivity contribution < 1.29 is 9.53 Å². The number of benzene rings is 2. The van der Waals surface area contributed by atoms with Crippen LogP contribution in [0.15, 0.2) is 48.5 Å². The lowest BCUT2D eigenvalue weighted by atomic mass is 9.74. The highest BCUT2D eigenvalue weighted by Gasteiger charge is 2.31. The molecule has 0 aliphatic heterocycles. The molecule has 0 radical (unpaired) electrons. The Hall–Kier alpha value is -2.09. The first-order valence-electron chi connectivity index (χ1n) is 6.51. The summed E-state index contributed by atoms with van der Waals surface area (Å²) in [5.74, 6) is 1.23. The van der Waals surface area contributed by atoms with Crippen molar-refractivity contribution in [2.45, 2.75) is 18.8 Å². The van der Waals surface area contributed by atoms with Crippen LogP contribution in [0.3, 0.4) is 0 Å². The van der Waals surface area contributed by atoms with Gasteiger partial charge in [0.15, 0.2) is 0 Å². The molecular weight excluding hydrogens is 236 g/mol. The number of methoxy groups -OCH3 is 1. The van der Waals surface area contributed by atoms with Crippen LogP contribution in [0.1, 0.15) is 22.6 Å². The third-order valence-electron chi connectivity index (χ3n) is 3.78. The molecule has 3 rings (SSSR count). The van der Waals surface area contributed by atoms with Crippen molar-refractivity contribution >= 4 is 5.78 Å². The molecule has 2 heteroatoms. The van der Waals surface area contributed by atoms with Crippen LogP contribution in [0.25, 0.3) is 0 Å². The molecule has 0 saturated heterocycles. The van der Waals surface area contributed by atoms with Crippen LogP contribution in [0, 0.1) is 0 Å². The van der Waals surface area contributed by atoms with E-state index < -0.39 is 0 Å². The molecule has 1 aliphatic carbocycles. The van der Waals surface area contributed by atoms with Gasteiger partial charge in [-0.2, -0.15) is 0 Å². The zero-order valence-electron chi connectivity index (χ0n) is 10.9. The van der Waals surface area contributed by atoms with E-state index in [2.05, 4.69) is 12.1 Å². The van der Waals surface area contributed by atoms with E-state index in [1.807, 2.05) is 36.4 Å². The number of hydrogen-bond donors (Lipinski definition) is 0. The van der Waals surface area contributed by atoms with Crippen LogP contribution in [0.4, 0.5) is 0 Å². The van der Waals surface area contributed by atoms with E-state index in [9.17, 15) is 4.79 Å². The summed E-state index contributed by atoms with van der Waals surface area (Å²) in [5, 5.41) is 0. The maximum absolute atomic E-state index is 12.3. The molecule has 0 bridgehead atoms. The number of Topliss-reactive ketones (excluding diaryl/α,β-unsaturated/α-hetero) is 1. The summed E-state index contributed by atoms with van der Waals surface area (Å²) >= 11 is 0. The average molecular weight is 252 g/mol. The third-order valence-corrected chi connectivity index (χ3v) is 3.78. The zero-order chi connectivity index (χ0) is 13.2. The topological polar surface area (TPSA) is 26.3 Å². The lowest BCUT2D eigenvalue weighted by molar-refractivity contribution is -0.120. The summed E-state index contributed by atoms with van der Waals surface area (Å²) in [5.41, 5.74) is 3.58. The van der Waals surface area contributed by atoms with Crippen LogP contribution in [0.2, 0.25) is 0 Å². The lowest BCUT2D eigenvalue weighted by Crippen LogP contribution is -2.26. The Kier molecular flexibility index (Phi) is 3.08. The molecule has 0 fully saturated rings. The van der Waals surface area contributed by atoms with Crippen molar-refractivity contribution in [3.8, 4) is 5.75 Å². The number of carbonyl (C=O) groups excluding carboxylic acids is 1. The quantitative estimate of drug-likeness (QED) is 0.835. The Morgan fingerprint density at radius 3 is 2.58 bits per heavy atom. The van der Waals surface area contributed by atoms with Gasteiger partial charge in [0, 0.05) is 12.3 Å². The molecule has 0 aromatic heterocycles. The first kappa shape index (κ1) is 12.0. The van der Waals surface area contributed by atoms with E-state index in [1.54, 1.807) is 7.11 Å². The van der Waals surface area contributed by atoms with Gasteiger partial charge in [-0.1, -0.05) is 36.4 Å². The lowest BCUT2D eigenvalue weighted by Gasteiger charge is -2.28. The highest BCUT2D eigenvalue weighted by molar-refractivity contribution is 5.90. The molecule has 0 heterocycles. The van der Waals surface area contributed by atoms with Crippen LogP contribution in [0.5, 0.6) is 5.75 Å². The van der Waals surface area contributed by atoms with Gasteiger partial charge in [0.25, 0.3) is 0 Å². The maximum atomic E-state index is 12.3. The summed E-state index contributed by atoms with van der Waals surface area (Å²) in [6.07, 6.45) is 1.40. The van der Waals surface area contributed by atoms with Crippen LogP contribution in [-0.4, -0.2) is 12.9 Å². The van der Waals surface area contributed by atoms with Crippen molar-refractivity contribution in [2.75, 3.05) is 7.11 Å². The predicted molar refractivity (Wildman–Crippen MR) is 74.6 cm³/mol. The second-order valence-electron chi connectivity index (χ2n) is 4.95. The Labute approximate surface area is 113 Å². The molecule has 19 heavy (non-hydrogen) atoms. The van der Waals surface area contributed by atoms with E-state index in [4.69, 9.17) is 4.74 Å². The molecule has 2 aromatic rings. The number of carbonyl (C=O) groups is 1. The zero-order valence-corrected chi connectivity index (χ0v) is 10.9. The van der Waals surface area contributed by atoms with E-state index in [0.29, 0.717) is 12.2 Å². The minimum absolute atomic E-state index is 0.0956. The van der Waals surface area contributed by atoms with Crippen LogP contribution >= 0.6 is 0 Å². The molecule has 1 atom stereocenters. The van der Waals surface area contributed by atoms with Crippen molar-refractivity contribution in [2.24, 2.45) is 0 Å². The number of ketones is 1. The summed E-state index contributed by atoms with van der Waals surface area (Å²) < 4.78 is 5.12. The van der Waals surface area contributed by atoms with Gasteiger partial charge in [-0.15, -0.1) is 0 Å². The highest BCUT2D eigenvalue weighted by Crippen LogP contribution is 2.36. The molecule has 2 nitrogen and oxygen atoms in total. The second kappa shape index (κ2) is 4.88. The number of ether oxygens (including phenoxy) is 1. The molecule has 0 N–H and O–H groups in total. The molecule has 1 unspecified atom stereocenters. The van der Waals surface area contributed by atoms with E-state index in [-0.39, 0.29) is 5.92 Å². The molecule has 2 aromatic carbocycles. The largest absolute Gasteiger partial charge is 0.497 e. The van der Waals surface area contributed by atoms with E-state index >= 15 is 0 Å². The normalized spacial score (nSPS) is 16.4. The van der Waals surface area contributed by atoms with Crippen molar-refractivity contribution in [3.05, 3.63) is 65.2 Å². The predicted octanol–water partition coefficient (Wildman–Crippen LogP) is 3.15. The fourth-order valence-corrected chi connectivity index (χ4v) is 2.61. The SMILES string of the molecule is COc1ccc(CC(=O)C2Cc3ccccc32)cc1. The Morgan fingerprint density at radius 2 is 1.89 bits per heavy atom. The fraction of sp³-hybridized carbons (Fsp3) is 0.235. The molecular formula is C17H16O2. The maximum Gasteiger partial charge on any atom is 0.145 e. The first-order chi connectivity index (χ1) is 9.28. The van der Waals surface area contributed by atoms with Gasteiger partial charge in [0.05, 0.1) is 7.11 Å². The first-order valence-corrected chi connectivity index (χ1v) is 6.51. The van der Waals surface area contributed by atoms with Gasteiger partial charge in [-0.25, -0.2) is 0 Å². The van der Waals surface area contributed by atoms with Gasteiger partial charge < -0.3 is 4.74 Å². The number of rotatable bonds is 4. The number of fused-ring (bicyclic) bond motifs is 1. The van der Waals surface area contributed by atoms with E-state index in [1.165, 1.54) is 11.1 Å². The fourth-order valence-electron chi connectivity index (χ4n) is 2.61. The Morgan fingerprint density at radius 1 is 1.16 bits per heavy atom. The van der Waals surface area contributed by atoms with Gasteiger partial charge >= 0.3 is 0 Å². The van der Waals surface area contributed by atoms with Crippen molar-refractivity contribution in [1.29, 1.82) is 0 Å². The van der Waals surface area contributed by atoms with Gasteiger partial charge in [-0.05, 0) is 35.2 Å². The minimum Gasteiger partial charge on any atom is -0.497 e. The van der Waals surface area contributed by atoms with Gasteiger partial charge in [0.2, 0.25) is 0 Å². The van der Waals surface area contributed by atoms with Crippen LogP contribution < -0.4 is 4.74 Å². The summed E-state index contributed by atoms with van der Waals surface area (Å²) in [6, 6.07) is 15.9. The Bertz CT molecular complexity index is 599. The number of hydrogen-bond acceptors (Lipinski definition) is 2. The van der Waals surface area contributed by atoms with Crippen molar-refractivity contribution in [1.82, 2.24) is 0 Å². The summed E-state index contributed by atoms with van der Waals surface area (Å²) in [7, 11) is 1.64. The second-order valence-corrected chi connectivity index (χ2v) is 4.95. The Balaban J connectivity index is 1.69. The smallest absolute Gasteiger partial charge is 0.145 e. The average Bonchev–Trinajstić information content (AvgIpc) is 2.41. The minimum atomic E-state index is 0.0956. The molecule has 0 spiro atoms. The third kappa shape index (κ3) is 2.26. The molecule has 96 valence electrons. The van der Waals surface area contributed by atoms with Crippen molar-refractivity contribution in [3.63, 3.8) is 0 Å². The van der Waals surface area contributed by atoms with Gasteiger partial charge in [-0.3, -0.25) is 4.79 Å². The molecule has 0 amide bonds. The van der Waals surface area contributed by atoms with E-state index in [0.717, 1.165) is 17.7 Å². The van der Waals surface area contributed by atoms with Crippen LogP contribution in [-0.2, 0) is 17.6 Å².